The van der Waals surface area contributed by atoms with Crippen LogP contribution < -0.4 is 9.47 Å². The van der Waals surface area contributed by atoms with E-state index in [2.05, 4.69) is 24.0 Å². The number of phenolic OH excluding ortho intramolecular Hbond substituents is 1. The number of hydrogen-bond donors (Lipinski definition) is 1. The highest BCUT2D eigenvalue weighted by atomic mass is 35.5. The Balaban J connectivity index is 0.00000225. The first kappa shape index (κ1) is 19.4. The first-order valence-electron chi connectivity index (χ1n) is 8.39. The molecule has 0 saturated carbocycles. The van der Waals surface area contributed by atoms with E-state index in [-0.39, 0.29) is 12.4 Å². The second kappa shape index (κ2) is 8.45. The van der Waals surface area contributed by atoms with Gasteiger partial charge < -0.3 is 14.6 Å². The van der Waals surface area contributed by atoms with Crippen LogP contribution in [0.15, 0.2) is 36.4 Å². The summed E-state index contributed by atoms with van der Waals surface area (Å²) >= 11 is 0. The average Bonchev–Trinajstić information content (AvgIpc) is 2.61. The molecule has 2 aromatic carbocycles. The number of halogens is 1. The second-order valence-electron chi connectivity index (χ2n) is 6.28. The number of ether oxygens (including phenoxy) is 2. The Morgan fingerprint density at radius 2 is 1.72 bits per heavy atom. The van der Waals surface area contributed by atoms with Gasteiger partial charge in [-0.3, -0.25) is 4.90 Å². The lowest BCUT2D eigenvalue weighted by Gasteiger charge is -2.35. The van der Waals surface area contributed by atoms with Crippen LogP contribution in [0.2, 0.25) is 0 Å². The molecule has 3 rings (SSSR count). The lowest BCUT2D eigenvalue weighted by molar-refractivity contribution is 0.200. The highest BCUT2D eigenvalue weighted by Gasteiger charge is 2.25. The van der Waals surface area contributed by atoms with Crippen LogP contribution in [-0.2, 0) is 12.8 Å². The number of benzene rings is 2. The molecule has 5 heteroatoms. The van der Waals surface area contributed by atoms with Gasteiger partial charge in [-0.1, -0.05) is 12.1 Å². The zero-order valence-corrected chi connectivity index (χ0v) is 15.8. The molecule has 0 aromatic heterocycles. The fourth-order valence-corrected chi connectivity index (χ4v) is 3.44. The smallest absolute Gasteiger partial charge is 0.161 e. The minimum Gasteiger partial charge on any atom is -0.508 e. The van der Waals surface area contributed by atoms with Crippen molar-refractivity contribution >= 4 is 12.4 Å². The van der Waals surface area contributed by atoms with Crippen molar-refractivity contribution in [2.24, 2.45) is 0 Å². The highest BCUT2D eigenvalue weighted by Crippen LogP contribution is 2.37. The molecule has 1 N–H and O–H groups in total. The molecule has 0 amide bonds. The molecule has 1 unspecified atom stereocenters. The van der Waals surface area contributed by atoms with Gasteiger partial charge in [-0.25, -0.2) is 0 Å². The Morgan fingerprint density at radius 1 is 1.08 bits per heavy atom. The molecule has 4 nitrogen and oxygen atoms in total. The van der Waals surface area contributed by atoms with Crippen molar-refractivity contribution < 1.29 is 14.6 Å². The van der Waals surface area contributed by atoms with E-state index in [0.29, 0.717) is 11.8 Å². The minimum atomic E-state index is 0. The fourth-order valence-electron chi connectivity index (χ4n) is 3.44. The molecule has 0 bridgehead atoms. The zero-order chi connectivity index (χ0) is 17.1. The molecule has 0 spiro atoms. The number of fused-ring (bicyclic) bond motifs is 1. The van der Waals surface area contributed by atoms with Crippen molar-refractivity contribution in [3.63, 3.8) is 0 Å². The van der Waals surface area contributed by atoms with Crippen molar-refractivity contribution in [2.75, 3.05) is 27.3 Å². The van der Waals surface area contributed by atoms with Gasteiger partial charge >= 0.3 is 0 Å². The van der Waals surface area contributed by atoms with Crippen LogP contribution in [0.25, 0.3) is 0 Å². The summed E-state index contributed by atoms with van der Waals surface area (Å²) < 4.78 is 10.9. The van der Waals surface area contributed by atoms with Crippen molar-refractivity contribution in [2.45, 2.75) is 25.8 Å². The molecule has 0 aliphatic carbocycles. The maximum atomic E-state index is 9.38. The molecule has 25 heavy (non-hydrogen) atoms. The normalized spacial score (nSPS) is 16.7. The van der Waals surface area contributed by atoms with Crippen LogP contribution >= 0.6 is 12.4 Å². The predicted molar refractivity (Wildman–Crippen MR) is 102 cm³/mol. The number of rotatable bonds is 5. The van der Waals surface area contributed by atoms with Gasteiger partial charge in [-0.2, -0.15) is 0 Å². The molecular formula is C20H26ClNO3. The van der Waals surface area contributed by atoms with Gasteiger partial charge in [0.1, 0.15) is 5.75 Å². The van der Waals surface area contributed by atoms with Crippen LogP contribution in [0.5, 0.6) is 17.2 Å². The van der Waals surface area contributed by atoms with Crippen LogP contribution in [-0.4, -0.2) is 37.3 Å². The van der Waals surface area contributed by atoms with Crippen LogP contribution in [0.1, 0.15) is 29.7 Å². The Bertz CT molecular complexity index is 703. The second-order valence-corrected chi connectivity index (χ2v) is 6.28. The quantitative estimate of drug-likeness (QED) is 0.872. The topological polar surface area (TPSA) is 41.9 Å². The first-order chi connectivity index (χ1) is 11.6. The van der Waals surface area contributed by atoms with Crippen LogP contribution in [0.3, 0.4) is 0 Å². The van der Waals surface area contributed by atoms with E-state index in [1.54, 1.807) is 26.4 Å². The van der Waals surface area contributed by atoms with Crippen LogP contribution in [0, 0.1) is 0 Å². The Morgan fingerprint density at radius 3 is 2.36 bits per heavy atom. The molecule has 0 fully saturated rings. The standard InChI is InChI=1S/C20H25NO3.ClH/c1-14-18-13-20(24-3)19(23-2)12-16(18)9-11-21(14)10-8-15-4-6-17(22)7-5-15;/h4-7,12-14,22H,8-11H2,1-3H3;1H. The number of phenols is 1. The highest BCUT2D eigenvalue weighted by molar-refractivity contribution is 5.85. The van der Waals surface area contributed by atoms with Crippen molar-refractivity contribution in [3.8, 4) is 17.2 Å². The van der Waals surface area contributed by atoms with Crippen molar-refractivity contribution in [1.29, 1.82) is 0 Å². The first-order valence-corrected chi connectivity index (χ1v) is 8.39. The SMILES string of the molecule is COc1cc2c(cc1OC)C(C)N(CCc1ccc(O)cc1)CC2.Cl. The van der Waals surface area contributed by atoms with E-state index in [1.165, 1.54) is 16.7 Å². The molecule has 0 radical (unpaired) electrons. The van der Waals surface area contributed by atoms with Gasteiger partial charge in [0.25, 0.3) is 0 Å². The molecule has 1 aliphatic heterocycles. The maximum absolute atomic E-state index is 9.38. The van der Waals surface area contributed by atoms with E-state index in [4.69, 9.17) is 9.47 Å². The van der Waals surface area contributed by atoms with E-state index in [9.17, 15) is 5.11 Å². The van der Waals surface area contributed by atoms with E-state index >= 15 is 0 Å². The van der Waals surface area contributed by atoms with Crippen LogP contribution in [0.4, 0.5) is 0 Å². The van der Waals surface area contributed by atoms with Crippen molar-refractivity contribution in [1.82, 2.24) is 4.90 Å². The Labute approximate surface area is 155 Å². The van der Waals surface area contributed by atoms with Gasteiger partial charge in [0.05, 0.1) is 14.2 Å². The van der Waals surface area contributed by atoms with E-state index in [1.807, 2.05) is 12.1 Å². The predicted octanol–water partition coefficient (Wildman–Crippen LogP) is 3.99. The Kier molecular flexibility index (Phi) is 6.57. The summed E-state index contributed by atoms with van der Waals surface area (Å²) in [6.45, 7) is 4.29. The molecular weight excluding hydrogens is 338 g/mol. The number of nitrogens with zero attached hydrogens (tertiary/aromatic N) is 1. The van der Waals surface area contributed by atoms with Gasteiger partial charge in [-0.15, -0.1) is 12.4 Å². The monoisotopic (exact) mass is 363 g/mol. The number of aromatic hydroxyl groups is 1. The summed E-state index contributed by atoms with van der Waals surface area (Å²) in [5.74, 6) is 1.92. The average molecular weight is 364 g/mol. The van der Waals surface area contributed by atoms with E-state index < -0.39 is 0 Å². The summed E-state index contributed by atoms with van der Waals surface area (Å²) in [7, 11) is 3.36. The summed E-state index contributed by atoms with van der Waals surface area (Å²) in [6, 6.07) is 12.1. The summed E-state index contributed by atoms with van der Waals surface area (Å²) in [5, 5.41) is 9.38. The third kappa shape index (κ3) is 4.20. The zero-order valence-electron chi connectivity index (χ0n) is 15.0. The van der Waals surface area contributed by atoms with Gasteiger partial charge in [0, 0.05) is 19.1 Å². The van der Waals surface area contributed by atoms with Crippen molar-refractivity contribution in [3.05, 3.63) is 53.1 Å². The van der Waals surface area contributed by atoms with Gasteiger partial charge in [0.15, 0.2) is 11.5 Å². The fraction of sp³-hybridized carbons (Fsp3) is 0.400. The lowest BCUT2D eigenvalue weighted by atomic mass is 9.92. The maximum Gasteiger partial charge on any atom is 0.161 e. The summed E-state index contributed by atoms with van der Waals surface area (Å²) in [6.07, 6.45) is 2.00. The Hall–Kier alpha value is -1.91. The third-order valence-electron chi connectivity index (χ3n) is 4.94. The minimum absolute atomic E-state index is 0. The molecule has 1 atom stereocenters. The number of methoxy groups -OCH3 is 2. The summed E-state index contributed by atoms with van der Waals surface area (Å²) in [4.78, 5) is 2.50. The van der Waals surface area contributed by atoms with E-state index in [0.717, 1.165) is 37.4 Å². The summed E-state index contributed by atoms with van der Waals surface area (Å²) in [5.41, 5.74) is 3.92. The molecule has 2 aromatic rings. The molecule has 1 aliphatic rings. The molecule has 1 heterocycles. The molecule has 0 saturated heterocycles. The number of hydrogen-bond acceptors (Lipinski definition) is 4. The third-order valence-corrected chi connectivity index (χ3v) is 4.94. The molecule has 136 valence electrons. The largest absolute Gasteiger partial charge is 0.508 e. The van der Waals surface area contributed by atoms with Gasteiger partial charge in [0.2, 0.25) is 0 Å². The lowest BCUT2D eigenvalue weighted by Crippen LogP contribution is -2.35. The van der Waals surface area contributed by atoms with Gasteiger partial charge in [-0.05, 0) is 60.7 Å².